The Morgan fingerprint density at radius 1 is 1.12 bits per heavy atom. The van der Waals surface area contributed by atoms with Crippen LogP contribution in [-0.4, -0.2) is 48.0 Å². The van der Waals surface area contributed by atoms with E-state index in [-0.39, 0.29) is 16.2 Å². The number of nitrogens with two attached hydrogens (primary N) is 1. The summed E-state index contributed by atoms with van der Waals surface area (Å²) in [5.74, 6) is -0.0398. The number of nitrogens with zero attached hydrogens (tertiary/aromatic N) is 2. The number of aliphatic hydroxyl groups is 1. The zero-order chi connectivity index (χ0) is 23.4. The maximum Gasteiger partial charge on any atom is 0.253 e. The molecule has 0 spiro atoms. The van der Waals surface area contributed by atoms with Crippen LogP contribution in [0.1, 0.15) is 49.4 Å². The summed E-state index contributed by atoms with van der Waals surface area (Å²) in [5.41, 5.74) is 1.38. The Hall–Kier alpha value is -2.33. The Bertz CT molecular complexity index is 1320. The molecule has 5 rings (SSSR count). The van der Waals surface area contributed by atoms with Gasteiger partial charge in [-0.15, -0.1) is 11.3 Å². The van der Waals surface area contributed by atoms with Crippen molar-refractivity contribution < 1.29 is 18.3 Å². The molecule has 1 aliphatic carbocycles. The Balaban J connectivity index is 1.30. The number of hydrogen-bond acceptors (Lipinski definition) is 6. The number of aromatic nitrogens is 1. The highest BCUT2D eigenvalue weighted by Crippen LogP contribution is 2.52. The number of fused-ring (bicyclic) bond motifs is 1. The van der Waals surface area contributed by atoms with Gasteiger partial charge < -0.3 is 10.0 Å². The molecule has 2 aromatic carbocycles. The first-order chi connectivity index (χ1) is 15.6. The van der Waals surface area contributed by atoms with Crippen LogP contribution in [0.4, 0.5) is 0 Å². The molecule has 3 N–H and O–H groups in total. The smallest absolute Gasteiger partial charge is 0.253 e. The number of thiazole rings is 1. The van der Waals surface area contributed by atoms with Gasteiger partial charge in [0.2, 0.25) is 10.0 Å². The second-order valence-electron chi connectivity index (χ2n) is 9.75. The number of carbonyl (C=O) groups excluding carboxylic acids is 1. The Morgan fingerprint density at radius 2 is 1.79 bits per heavy atom. The number of carbonyl (C=O) groups is 1. The lowest BCUT2D eigenvalue weighted by atomic mass is 9.82. The molecule has 33 heavy (non-hydrogen) atoms. The van der Waals surface area contributed by atoms with Crippen molar-refractivity contribution in [2.45, 2.75) is 49.5 Å². The first-order valence-electron chi connectivity index (χ1n) is 11.1. The van der Waals surface area contributed by atoms with Crippen LogP contribution in [0.15, 0.2) is 47.4 Å². The van der Waals surface area contributed by atoms with Gasteiger partial charge in [-0.2, -0.15) is 0 Å². The number of hydrogen-bond donors (Lipinski definition) is 2. The van der Waals surface area contributed by atoms with Crippen molar-refractivity contribution in [1.82, 2.24) is 9.88 Å². The van der Waals surface area contributed by atoms with Gasteiger partial charge in [0, 0.05) is 24.2 Å². The van der Waals surface area contributed by atoms with Crippen LogP contribution in [-0.2, 0) is 10.0 Å². The lowest BCUT2D eigenvalue weighted by Crippen LogP contribution is -2.47. The van der Waals surface area contributed by atoms with Crippen molar-refractivity contribution in [3.8, 4) is 10.6 Å². The highest BCUT2D eigenvalue weighted by atomic mass is 32.2. The highest BCUT2D eigenvalue weighted by molar-refractivity contribution is 7.89. The van der Waals surface area contributed by atoms with Crippen LogP contribution >= 0.6 is 11.3 Å². The van der Waals surface area contributed by atoms with E-state index in [1.807, 2.05) is 23.1 Å². The third-order valence-electron chi connectivity index (χ3n) is 6.91. The molecule has 3 aromatic rings. The molecule has 0 bridgehead atoms. The van der Waals surface area contributed by atoms with Crippen molar-refractivity contribution in [2.75, 3.05) is 13.1 Å². The molecule has 1 saturated carbocycles. The van der Waals surface area contributed by atoms with E-state index in [0.717, 1.165) is 16.7 Å². The Labute approximate surface area is 197 Å². The van der Waals surface area contributed by atoms with Crippen LogP contribution in [0.2, 0.25) is 0 Å². The van der Waals surface area contributed by atoms with Crippen molar-refractivity contribution in [2.24, 2.45) is 10.6 Å². The van der Waals surface area contributed by atoms with Crippen molar-refractivity contribution in [3.63, 3.8) is 0 Å². The number of amides is 1. The molecular weight excluding hydrogens is 458 g/mol. The van der Waals surface area contributed by atoms with Crippen LogP contribution in [0.5, 0.6) is 0 Å². The van der Waals surface area contributed by atoms with E-state index in [1.165, 1.54) is 30.2 Å². The molecule has 1 amide bonds. The third kappa shape index (κ3) is 4.55. The van der Waals surface area contributed by atoms with Gasteiger partial charge in [0.15, 0.2) is 0 Å². The number of sulfonamides is 1. The first-order valence-corrected chi connectivity index (χ1v) is 13.5. The zero-order valence-electron chi connectivity index (χ0n) is 18.5. The molecule has 2 fully saturated rings. The maximum atomic E-state index is 13.0. The Morgan fingerprint density at radius 3 is 2.39 bits per heavy atom. The number of likely N-dealkylation sites (tertiary alicyclic amines) is 1. The summed E-state index contributed by atoms with van der Waals surface area (Å²) in [6.07, 6.45) is 4.42. The van der Waals surface area contributed by atoms with Crippen LogP contribution in [0.25, 0.3) is 20.8 Å². The van der Waals surface area contributed by atoms with Crippen molar-refractivity contribution in [1.29, 1.82) is 0 Å². The predicted octanol–water partition coefficient (Wildman–Crippen LogP) is 3.77. The lowest BCUT2D eigenvalue weighted by molar-refractivity contribution is -0.0355. The van der Waals surface area contributed by atoms with E-state index in [9.17, 15) is 18.3 Å². The second kappa shape index (κ2) is 7.87. The molecule has 2 heterocycles. The van der Waals surface area contributed by atoms with Gasteiger partial charge in [-0.3, -0.25) is 4.79 Å². The number of para-hydroxylation sites is 1. The molecular formula is C24H27N3O4S2. The van der Waals surface area contributed by atoms with Crippen LogP contribution < -0.4 is 5.14 Å². The van der Waals surface area contributed by atoms with Gasteiger partial charge in [-0.25, -0.2) is 18.5 Å². The molecule has 7 nitrogen and oxygen atoms in total. The van der Waals surface area contributed by atoms with E-state index >= 15 is 0 Å². The average molecular weight is 486 g/mol. The highest BCUT2D eigenvalue weighted by Gasteiger charge is 2.46. The molecule has 2 aliphatic rings. The summed E-state index contributed by atoms with van der Waals surface area (Å²) in [6, 6.07) is 12.1. The molecule has 174 valence electrons. The minimum atomic E-state index is -3.87. The van der Waals surface area contributed by atoms with Crippen LogP contribution in [0, 0.1) is 5.41 Å². The van der Waals surface area contributed by atoms with Gasteiger partial charge in [-0.1, -0.05) is 25.1 Å². The summed E-state index contributed by atoms with van der Waals surface area (Å²) >= 11 is 1.38. The SMILES string of the molecule is CC1(CC2(O)CCN(C(=O)c3ccc(-c4nc5c(S(N)(=O)=O)cccc5s4)cc3)CC2)CC1. The first kappa shape index (κ1) is 22.5. The monoisotopic (exact) mass is 485 g/mol. The maximum absolute atomic E-state index is 13.0. The summed E-state index contributed by atoms with van der Waals surface area (Å²) in [4.78, 5) is 19.3. The van der Waals surface area contributed by atoms with Gasteiger partial charge in [0.05, 0.1) is 10.3 Å². The molecule has 1 aromatic heterocycles. The van der Waals surface area contributed by atoms with E-state index < -0.39 is 15.6 Å². The van der Waals surface area contributed by atoms with Crippen LogP contribution in [0.3, 0.4) is 0 Å². The van der Waals surface area contributed by atoms with Crippen molar-refractivity contribution >= 4 is 37.5 Å². The Kier molecular flexibility index (Phi) is 5.36. The lowest BCUT2D eigenvalue weighted by Gasteiger charge is -2.39. The molecule has 0 unspecified atom stereocenters. The number of primary sulfonamides is 1. The van der Waals surface area contributed by atoms with Gasteiger partial charge in [-0.05, 0) is 61.8 Å². The van der Waals surface area contributed by atoms with E-state index in [4.69, 9.17) is 5.14 Å². The normalized spacial score (nSPS) is 19.5. The number of rotatable bonds is 5. The minimum absolute atomic E-state index is 0.00929. The second-order valence-corrected chi connectivity index (χ2v) is 12.3. The summed E-state index contributed by atoms with van der Waals surface area (Å²) in [6.45, 7) is 3.34. The zero-order valence-corrected chi connectivity index (χ0v) is 20.1. The standard InChI is InChI=1S/C24H27N3O4S2/c1-23(9-10-23)15-24(29)11-13-27(14-12-24)22(28)17-7-5-16(6-8-17)21-26-20-18(32-21)3-2-4-19(20)33(25,30)31/h2-8,29H,9-15H2,1H3,(H2,25,30,31). The fourth-order valence-corrected chi connectivity index (χ4v) is 6.46. The summed E-state index contributed by atoms with van der Waals surface area (Å²) < 4.78 is 24.5. The summed E-state index contributed by atoms with van der Waals surface area (Å²) in [5, 5.41) is 16.9. The number of piperidine rings is 1. The van der Waals surface area contributed by atoms with E-state index in [2.05, 4.69) is 11.9 Å². The van der Waals surface area contributed by atoms with E-state index in [0.29, 0.717) is 42.0 Å². The molecule has 0 radical (unpaired) electrons. The molecule has 0 atom stereocenters. The largest absolute Gasteiger partial charge is 0.390 e. The quantitative estimate of drug-likeness (QED) is 0.571. The molecule has 9 heteroatoms. The minimum Gasteiger partial charge on any atom is -0.390 e. The molecule has 1 aliphatic heterocycles. The fraction of sp³-hybridized carbons (Fsp3) is 0.417. The van der Waals surface area contributed by atoms with Gasteiger partial charge >= 0.3 is 0 Å². The van der Waals surface area contributed by atoms with E-state index in [1.54, 1.807) is 18.2 Å². The summed E-state index contributed by atoms with van der Waals surface area (Å²) in [7, 11) is -3.87. The van der Waals surface area contributed by atoms with Crippen molar-refractivity contribution in [3.05, 3.63) is 48.0 Å². The predicted molar refractivity (Wildman–Crippen MR) is 128 cm³/mol. The van der Waals surface area contributed by atoms with Gasteiger partial charge in [0.1, 0.15) is 15.4 Å². The third-order valence-corrected chi connectivity index (χ3v) is 8.92. The number of benzene rings is 2. The van der Waals surface area contributed by atoms with Gasteiger partial charge in [0.25, 0.3) is 5.91 Å². The molecule has 1 saturated heterocycles. The topological polar surface area (TPSA) is 114 Å². The fourth-order valence-electron chi connectivity index (χ4n) is 4.70. The average Bonchev–Trinajstić information content (AvgIpc) is 3.32.